The van der Waals surface area contributed by atoms with Crippen LogP contribution in [-0.2, 0) is 11.0 Å². The van der Waals surface area contributed by atoms with Gasteiger partial charge >= 0.3 is 8.03 Å². The number of hydrogen-bond acceptors (Lipinski definition) is 2. The van der Waals surface area contributed by atoms with Crippen molar-refractivity contribution in [3.05, 3.63) is 29.8 Å². The molecule has 0 fully saturated rings. The second-order valence-electron chi connectivity index (χ2n) is 2.41. The van der Waals surface area contributed by atoms with Crippen LogP contribution in [0.2, 0.25) is 0 Å². The Labute approximate surface area is 71.5 Å². The molecular weight excluding hydrogens is 175 g/mol. The van der Waals surface area contributed by atoms with E-state index < -0.39 is 8.03 Å². The largest absolute Gasteiger partial charge is 0.546 e. The molecule has 0 spiro atoms. The van der Waals surface area contributed by atoms with Crippen molar-refractivity contribution in [3.8, 4) is 0 Å². The molecule has 3 nitrogen and oxygen atoms in total. The predicted molar refractivity (Wildman–Crippen MR) is 46.7 cm³/mol. The van der Waals surface area contributed by atoms with Crippen molar-refractivity contribution in [1.82, 2.24) is 0 Å². The maximum absolute atomic E-state index is 10.6. The Morgan fingerprint density at radius 1 is 1.25 bits per heavy atom. The van der Waals surface area contributed by atoms with Crippen LogP contribution in [-0.4, -0.2) is 16.6 Å². The molecule has 0 aromatic heterocycles. The molecule has 0 heterocycles. The Morgan fingerprint density at radius 2 is 1.83 bits per heavy atom. The van der Waals surface area contributed by atoms with Crippen LogP contribution in [0.3, 0.4) is 0 Å². The summed E-state index contributed by atoms with van der Waals surface area (Å²) >= 11 is 0. The van der Waals surface area contributed by atoms with Gasteiger partial charge in [0.2, 0.25) is 5.30 Å². The molecule has 0 aliphatic heterocycles. The minimum absolute atomic E-state index is 0.102. The van der Waals surface area contributed by atoms with E-state index in [-0.39, 0.29) is 6.61 Å². The van der Waals surface area contributed by atoms with Crippen LogP contribution in [0.1, 0.15) is 5.56 Å². The van der Waals surface area contributed by atoms with Crippen LogP contribution in [0.25, 0.3) is 0 Å². The van der Waals surface area contributed by atoms with Crippen LogP contribution < -0.4 is 5.30 Å². The molecule has 1 atom stereocenters. The molecule has 0 saturated heterocycles. The van der Waals surface area contributed by atoms with E-state index in [9.17, 15) is 4.57 Å². The van der Waals surface area contributed by atoms with E-state index in [0.717, 1.165) is 5.56 Å². The maximum atomic E-state index is 10.6. The first kappa shape index (κ1) is 9.33. The van der Waals surface area contributed by atoms with Gasteiger partial charge in [-0.3, -0.25) is 0 Å². The van der Waals surface area contributed by atoms with E-state index in [4.69, 9.17) is 10.00 Å². The third-order valence-corrected chi connectivity index (χ3v) is 2.30. The fourth-order valence-corrected chi connectivity index (χ4v) is 1.32. The van der Waals surface area contributed by atoms with Gasteiger partial charge in [0.1, 0.15) is 0 Å². The van der Waals surface area contributed by atoms with Crippen molar-refractivity contribution in [3.63, 3.8) is 0 Å². The molecule has 4 heteroatoms. The summed E-state index contributed by atoms with van der Waals surface area (Å²) in [6.45, 7) is 0.102. The minimum Gasteiger partial charge on any atom is -0.396 e. The summed E-state index contributed by atoms with van der Waals surface area (Å²) in [5.74, 6) is 0. The van der Waals surface area contributed by atoms with Gasteiger partial charge in [-0.25, -0.2) is 0 Å². The quantitative estimate of drug-likeness (QED) is 0.677. The third kappa shape index (κ3) is 2.38. The van der Waals surface area contributed by atoms with Gasteiger partial charge in [0.25, 0.3) is 0 Å². The summed E-state index contributed by atoms with van der Waals surface area (Å²) in [7, 11) is -2.23. The topological polar surface area (TPSA) is 57.5 Å². The van der Waals surface area contributed by atoms with E-state index in [0.29, 0.717) is 11.7 Å². The molecule has 0 amide bonds. The Balaban J connectivity index is 2.78. The average Bonchev–Trinajstić information content (AvgIpc) is 2.06. The second kappa shape index (κ2) is 4.31. The van der Waals surface area contributed by atoms with Crippen LogP contribution in [0.15, 0.2) is 24.3 Å². The molecule has 64 valence electrons. The van der Waals surface area contributed by atoms with Gasteiger partial charge in [-0.05, 0) is 28.7 Å². The molecule has 0 aliphatic rings. The van der Waals surface area contributed by atoms with Crippen molar-refractivity contribution in [2.24, 2.45) is 0 Å². The average molecular weight is 185 g/mol. The highest BCUT2D eigenvalue weighted by molar-refractivity contribution is 7.47. The molecule has 1 unspecified atom stereocenters. The zero-order valence-corrected chi connectivity index (χ0v) is 7.37. The third-order valence-electron chi connectivity index (χ3n) is 1.56. The van der Waals surface area contributed by atoms with Crippen molar-refractivity contribution in [2.45, 2.75) is 6.42 Å². The molecule has 0 aliphatic carbocycles. The lowest BCUT2D eigenvalue weighted by Gasteiger charge is -1.94. The summed E-state index contributed by atoms with van der Waals surface area (Å²) in [5, 5.41) is 9.01. The molecule has 2 N–H and O–H groups in total. The number of benzene rings is 1. The Bertz CT molecular complexity index is 268. The number of hydrogen-bond donors (Lipinski definition) is 2. The van der Waals surface area contributed by atoms with Crippen LogP contribution in [0, 0.1) is 0 Å². The lowest BCUT2D eigenvalue weighted by atomic mass is 10.2. The Hall–Kier alpha value is -0.760. The lowest BCUT2D eigenvalue weighted by Crippen LogP contribution is -1.97. The SMILES string of the molecule is O=[P+](O)c1ccc(CCO)cc1. The fraction of sp³-hybridized carbons (Fsp3) is 0.250. The van der Waals surface area contributed by atoms with E-state index in [1.165, 1.54) is 0 Å². The number of aliphatic hydroxyl groups is 1. The van der Waals surface area contributed by atoms with Crippen LogP contribution in [0.4, 0.5) is 0 Å². The number of rotatable bonds is 3. The van der Waals surface area contributed by atoms with E-state index in [1.807, 2.05) is 0 Å². The van der Waals surface area contributed by atoms with Crippen molar-refractivity contribution >= 4 is 13.3 Å². The molecule has 0 saturated carbocycles. The fourth-order valence-electron chi connectivity index (χ4n) is 0.919. The monoisotopic (exact) mass is 185 g/mol. The van der Waals surface area contributed by atoms with Gasteiger partial charge in [0, 0.05) is 6.61 Å². The summed E-state index contributed by atoms with van der Waals surface area (Å²) in [6.07, 6.45) is 0.586. The second-order valence-corrected chi connectivity index (χ2v) is 3.48. The maximum Gasteiger partial charge on any atom is 0.546 e. The van der Waals surface area contributed by atoms with Gasteiger partial charge in [0.05, 0.1) is 0 Å². The molecule has 0 radical (unpaired) electrons. The van der Waals surface area contributed by atoms with Gasteiger partial charge in [-0.1, -0.05) is 12.1 Å². The van der Waals surface area contributed by atoms with Crippen LogP contribution in [0.5, 0.6) is 0 Å². The van der Waals surface area contributed by atoms with Crippen molar-refractivity contribution in [1.29, 1.82) is 0 Å². The summed E-state index contributed by atoms with van der Waals surface area (Å²) in [5.41, 5.74) is 0.970. The first-order valence-electron chi connectivity index (χ1n) is 3.60. The van der Waals surface area contributed by atoms with Gasteiger partial charge in [-0.15, -0.1) is 0 Å². The standard InChI is InChI=1S/C8H9O3P/c9-6-5-7-1-3-8(4-2-7)12(10)11/h1-4,9H,5-6H2/p+1. The lowest BCUT2D eigenvalue weighted by molar-refractivity contribution is 0.299. The summed E-state index contributed by atoms with van der Waals surface area (Å²) in [6, 6.07) is 6.69. The van der Waals surface area contributed by atoms with Gasteiger partial charge < -0.3 is 5.11 Å². The van der Waals surface area contributed by atoms with E-state index in [1.54, 1.807) is 24.3 Å². The van der Waals surface area contributed by atoms with Crippen molar-refractivity contribution < 1.29 is 14.6 Å². The van der Waals surface area contributed by atoms with E-state index in [2.05, 4.69) is 0 Å². The molecule has 12 heavy (non-hydrogen) atoms. The van der Waals surface area contributed by atoms with Crippen molar-refractivity contribution in [2.75, 3.05) is 6.61 Å². The predicted octanol–water partition coefficient (Wildman–Crippen LogP) is 0.581. The summed E-state index contributed by atoms with van der Waals surface area (Å²) in [4.78, 5) is 8.70. The normalized spacial score (nSPS) is 11.3. The summed E-state index contributed by atoms with van der Waals surface area (Å²) < 4.78 is 10.6. The van der Waals surface area contributed by atoms with Crippen LogP contribution >= 0.6 is 8.03 Å². The minimum atomic E-state index is -2.23. The van der Waals surface area contributed by atoms with E-state index >= 15 is 0 Å². The Morgan fingerprint density at radius 3 is 2.25 bits per heavy atom. The first-order valence-corrected chi connectivity index (χ1v) is 4.81. The molecule has 1 aromatic rings. The zero-order valence-electron chi connectivity index (χ0n) is 6.47. The molecule has 1 rings (SSSR count). The molecule has 0 bridgehead atoms. The molecule has 1 aromatic carbocycles. The van der Waals surface area contributed by atoms with Gasteiger partial charge in [-0.2, -0.15) is 4.89 Å². The smallest absolute Gasteiger partial charge is 0.396 e. The highest BCUT2D eigenvalue weighted by Crippen LogP contribution is 2.12. The highest BCUT2D eigenvalue weighted by atomic mass is 31.1. The zero-order chi connectivity index (χ0) is 8.97. The number of aliphatic hydroxyl groups excluding tert-OH is 1. The van der Waals surface area contributed by atoms with Gasteiger partial charge in [0.15, 0.2) is 0 Å². The highest BCUT2D eigenvalue weighted by Gasteiger charge is 2.14. The first-order chi connectivity index (χ1) is 5.74. The molecular formula is C8H10O3P+. The Kier molecular flexibility index (Phi) is 3.35.